The van der Waals surface area contributed by atoms with Gasteiger partial charge in [-0.3, -0.25) is 4.90 Å². The van der Waals surface area contributed by atoms with Crippen molar-refractivity contribution in [1.29, 1.82) is 0 Å². The zero-order valence-electron chi connectivity index (χ0n) is 6.12. The van der Waals surface area contributed by atoms with Gasteiger partial charge in [0.05, 0.1) is 0 Å². The molecule has 1 heterocycles. The zero-order valence-corrected chi connectivity index (χ0v) is 6.12. The van der Waals surface area contributed by atoms with Gasteiger partial charge in [-0.05, 0) is 12.6 Å². The summed E-state index contributed by atoms with van der Waals surface area (Å²) in [6.07, 6.45) is 0. The summed E-state index contributed by atoms with van der Waals surface area (Å²) in [5.74, 6) is 0. The van der Waals surface area contributed by atoms with Crippen LogP contribution in [0.25, 0.3) is 0 Å². The predicted octanol–water partition coefficient (Wildman–Crippen LogP) is 1.67. The minimum atomic E-state index is 0.709. The Bertz CT molecular complexity index is 217. The summed E-state index contributed by atoms with van der Waals surface area (Å²) in [4.78, 5) is 2.33. The molecule has 0 bridgehead atoms. The van der Waals surface area contributed by atoms with E-state index in [1.807, 2.05) is 0 Å². The molecule has 1 aliphatic heterocycles. The molecule has 1 aromatic carbocycles. The summed E-state index contributed by atoms with van der Waals surface area (Å²) in [7, 11) is 2.15. The van der Waals surface area contributed by atoms with Crippen LogP contribution in [-0.4, -0.2) is 18.5 Å². The third-order valence-electron chi connectivity index (χ3n) is 2.04. The van der Waals surface area contributed by atoms with Crippen LogP contribution in [-0.2, 0) is 0 Å². The van der Waals surface area contributed by atoms with Gasteiger partial charge in [-0.15, -0.1) is 0 Å². The Morgan fingerprint density at radius 3 is 2.40 bits per heavy atom. The third-order valence-corrected chi connectivity index (χ3v) is 2.04. The third kappa shape index (κ3) is 0.929. The smallest absolute Gasteiger partial charge is 0.0473 e. The summed E-state index contributed by atoms with van der Waals surface area (Å²) in [6.45, 7) is 1.23. The van der Waals surface area contributed by atoms with Crippen LogP contribution in [0.5, 0.6) is 0 Å². The standard InChI is InChI=1S/C9H11N/c1-10-7-9(10)8-5-3-2-4-6-8/h2-6,9H,7H2,1H3/t9-,10?/m0/s1. The Hall–Kier alpha value is -0.820. The summed E-state index contributed by atoms with van der Waals surface area (Å²) >= 11 is 0. The zero-order chi connectivity index (χ0) is 6.97. The van der Waals surface area contributed by atoms with E-state index in [1.54, 1.807) is 0 Å². The molecule has 0 aliphatic carbocycles. The highest BCUT2D eigenvalue weighted by atomic mass is 15.3. The molecule has 1 fully saturated rings. The highest BCUT2D eigenvalue weighted by Gasteiger charge is 2.30. The number of likely N-dealkylation sites (N-methyl/N-ethyl adjacent to an activating group) is 1. The predicted molar refractivity (Wildman–Crippen MR) is 41.8 cm³/mol. The monoisotopic (exact) mass is 133 g/mol. The molecule has 0 aromatic heterocycles. The highest BCUT2D eigenvalue weighted by molar-refractivity contribution is 5.23. The van der Waals surface area contributed by atoms with Crippen LogP contribution in [0.1, 0.15) is 11.6 Å². The molecule has 1 unspecified atom stereocenters. The van der Waals surface area contributed by atoms with Gasteiger partial charge in [0.2, 0.25) is 0 Å². The van der Waals surface area contributed by atoms with Crippen molar-refractivity contribution in [2.45, 2.75) is 6.04 Å². The molecule has 1 aliphatic rings. The van der Waals surface area contributed by atoms with Crippen LogP contribution in [0.2, 0.25) is 0 Å². The van der Waals surface area contributed by atoms with Crippen molar-refractivity contribution >= 4 is 0 Å². The van der Waals surface area contributed by atoms with Crippen molar-refractivity contribution in [2.75, 3.05) is 13.6 Å². The fourth-order valence-electron chi connectivity index (χ4n) is 1.26. The second-order valence-corrected chi connectivity index (χ2v) is 2.87. The van der Waals surface area contributed by atoms with Crippen LogP contribution >= 0.6 is 0 Å². The van der Waals surface area contributed by atoms with Crippen LogP contribution in [0.15, 0.2) is 30.3 Å². The molecule has 52 valence electrons. The molecule has 0 amide bonds. The minimum Gasteiger partial charge on any atom is -0.296 e. The maximum atomic E-state index is 2.33. The number of rotatable bonds is 1. The molecule has 1 aromatic rings. The molecule has 2 atom stereocenters. The summed E-state index contributed by atoms with van der Waals surface area (Å²) in [5.41, 5.74) is 1.45. The van der Waals surface area contributed by atoms with Gasteiger partial charge in [-0.1, -0.05) is 30.3 Å². The number of hydrogen-bond donors (Lipinski definition) is 0. The maximum Gasteiger partial charge on any atom is 0.0473 e. The molecule has 10 heavy (non-hydrogen) atoms. The molecule has 0 radical (unpaired) electrons. The van der Waals surface area contributed by atoms with E-state index < -0.39 is 0 Å². The average molecular weight is 133 g/mol. The first-order valence-electron chi connectivity index (χ1n) is 3.63. The number of hydrogen-bond acceptors (Lipinski definition) is 1. The molecule has 0 saturated carbocycles. The van der Waals surface area contributed by atoms with E-state index in [0.29, 0.717) is 6.04 Å². The van der Waals surface area contributed by atoms with Crippen molar-refractivity contribution in [3.63, 3.8) is 0 Å². The summed E-state index contributed by atoms with van der Waals surface area (Å²) < 4.78 is 0. The van der Waals surface area contributed by atoms with Crippen molar-refractivity contribution < 1.29 is 0 Å². The first-order chi connectivity index (χ1) is 4.88. The number of benzene rings is 1. The van der Waals surface area contributed by atoms with Gasteiger partial charge in [0, 0.05) is 12.6 Å². The molecule has 1 heteroatoms. The Morgan fingerprint density at radius 2 is 1.90 bits per heavy atom. The van der Waals surface area contributed by atoms with Gasteiger partial charge in [-0.25, -0.2) is 0 Å². The molecule has 0 spiro atoms. The second kappa shape index (κ2) is 2.10. The fraction of sp³-hybridized carbons (Fsp3) is 0.333. The van der Waals surface area contributed by atoms with Crippen LogP contribution in [0, 0.1) is 0 Å². The Balaban J connectivity index is 2.20. The van der Waals surface area contributed by atoms with Crippen molar-refractivity contribution in [2.24, 2.45) is 0 Å². The molecular weight excluding hydrogens is 122 g/mol. The fourth-order valence-corrected chi connectivity index (χ4v) is 1.26. The first-order valence-corrected chi connectivity index (χ1v) is 3.63. The SMILES string of the molecule is CN1C[C@H]1c1ccccc1. The average Bonchev–Trinajstić information content (AvgIpc) is 2.69. The lowest BCUT2D eigenvalue weighted by atomic mass is 10.2. The van der Waals surface area contributed by atoms with E-state index in [1.165, 1.54) is 12.1 Å². The quantitative estimate of drug-likeness (QED) is 0.527. The van der Waals surface area contributed by atoms with Gasteiger partial charge < -0.3 is 0 Å². The van der Waals surface area contributed by atoms with Gasteiger partial charge in [0.25, 0.3) is 0 Å². The highest BCUT2D eigenvalue weighted by Crippen LogP contribution is 2.31. The largest absolute Gasteiger partial charge is 0.296 e. The molecule has 0 N–H and O–H groups in total. The maximum absolute atomic E-state index is 2.33. The van der Waals surface area contributed by atoms with E-state index >= 15 is 0 Å². The van der Waals surface area contributed by atoms with E-state index in [4.69, 9.17) is 0 Å². The summed E-state index contributed by atoms with van der Waals surface area (Å²) in [5, 5.41) is 0. The Kier molecular flexibility index (Phi) is 1.24. The first kappa shape index (κ1) is 5.93. The van der Waals surface area contributed by atoms with Gasteiger partial charge >= 0.3 is 0 Å². The minimum absolute atomic E-state index is 0.709. The molecule has 1 saturated heterocycles. The van der Waals surface area contributed by atoms with Crippen LogP contribution < -0.4 is 0 Å². The Morgan fingerprint density at radius 1 is 1.30 bits per heavy atom. The van der Waals surface area contributed by atoms with Crippen molar-refractivity contribution in [3.05, 3.63) is 35.9 Å². The lowest BCUT2D eigenvalue weighted by Gasteiger charge is -1.95. The van der Waals surface area contributed by atoms with Crippen LogP contribution in [0.4, 0.5) is 0 Å². The number of nitrogens with zero attached hydrogens (tertiary/aromatic N) is 1. The van der Waals surface area contributed by atoms with E-state index in [2.05, 4.69) is 42.3 Å². The topological polar surface area (TPSA) is 3.01 Å². The van der Waals surface area contributed by atoms with Gasteiger partial charge in [0.1, 0.15) is 0 Å². The summed E-state index contributed by atoms with van der Waals surface area (Å²) in [6, 6.07) is 11.3. The van der Waals surface area contributed by atoms with Crippen molar-refractivity contribution in [1.82, 2.24) is 4.90 Å². The normalized spacial score (nSPS) is 30.1. The van der Waals surface area contributed by atoms with Gasteiger partial charge in [0.15, 0.2) is 0 Å². The molecular formula is C9H11N. The second-order valence-electron chi connectivity index (χ2n) is 2.87. The van der Waals surface area contributed by atoms with E-state index in [9.17, 15) is 0 Å². The molecule has 2 rings (SSSR count). The lowest BCUT2D eigenvalue weighted by molar-refractivity contribution is 0.631. The van der Waals surface area contributed by atoms with Gasteiger partial charge in [-0.2, -0.15) is 0 Å². The van der Waals surface area contributed by atoms with Crippen molar-refractivity contribution in [3.8, 4) is 0 Å². The van der Waals surface area contributed by atoms with E-state index in [0.717, 1.165) is 0 Å². The lowest BCUT2D eigenvalue weighted by Crippen LogP contribution is -1.86. The van der Waals surface area contributed by atoms with E-state index in [-0.39, 0.29) is 0 Å². The van der Waals surface area contributed by atoms with Crippen LogP contribution in [0.3, 0.4) is 0 Å². The molecule has 1 nitrogen and oxygen atoms in total. The Labute approximate surface area is 61.3 Å².